The summed E-state index contributed by atoms with van der Waals surface area (Å²) >= 11 is 1.54. The Kier molecular flexibility index (Phi) is 11.6. The summed E-state index contributed by atoms with van der Waals surface area (Å²) in [6.45, 7) is 2.15. The third-order valence-electron chi connectivity index (χ3n) is 6.66. The van der Waals surface area contributed by atoms with Gasteiger partial charge in [-0.05, 0) is 36.7 Å². The molecule has 2 aromatic rings. The molecule has 0 nitrogen and oxygen atoms in total. The fourth-order valence-electron chi connectivity index (χ4n) is 5.38. The average Bonchev–Trinajstić information content (AvgIpc) is 3.51. The molecule has 1 fully saturated rings. The van der Waals surface area contributed by atoms with E-state index in [4.69, 9.17) is 0 Å². The molecule has 0 aromatic heterocycles. The Hall–Kier alpha value is -1.01. The Morgan fingerprint density at radius 2 is 1.78 bits per heavy atom. The van der Waals surface area contributed by atoms with Gasteiger partial charge in [0, 0.05) is 0 Å². The zero-order chi connectivity index (χ0) is 20.8. The van der Waals surface area contributed by atoms with Crippen molar-refractivity contribution in [2.75, 3.05) is 0 Å². The Bertz CT molecular complexity index is 932. The van der Waals surface area contributed by atoms with E-state index in [0.717, 1.165) is 18.3 Å². The van der Waals surface area contributed by atoms with E-state index < -0.39 is 0 Å². The van der Waals surface area contributed by atoms with E-state index in [0.29, 0.717) is 0 Å². The maximum atomic E-state index is 2.57. The minimum atomic E-state index is 0. The SMILES string of the molecule is C1=CC2=C3C(=C4[CH-]CCCC4C2CC1)Cc1ccccc13.CC[CH]=[Zr+2].[Cl-].[Cl-].c1cc[cH-]c1. The second kappa shape index (κ2) is 13.6. The Balaban J connectivity index is 0.000000282. The molecule has 0 saturated heterocycles. The first kappa shape index (κ1) is 27.2. The van der Waals surface area contributed by atoms with Crippen molar-refractivity contribution in [3.63, 3.8) is 0 Å². The third-order valence-corrected chi connectivity index (χ3v) is 7.67. The molecule has 0 heterocycles. The largest absolute Gasteiger partial charge is 1.00 e. The van der Waals surface area contributed by atoms with Gasteiger partial charge in [-0.2, -0.15) is 23.8 Å². The predicted octanol–water partition coefficient (Wildman–Crippen LogP) is 1.44. The molecule has 0 N–H and O–H groups in total. The fraction of sp³-hybridized carbons (Fsp3) is 0.345. The van der Waals surface area contributed by atoms with Crippen LogP contribution in [0.3, 0.4) is 0 Å². The van der Waals surface area contributed by atoms with Gasteiger partial charge in [-0.3, -0.25) is 0 Å². The molecular formula is C29H32Cl2Zr-2. The van der Waals surface area contributed by atoms with Crippen molar-refractivity contribution < 1.29 is 49.0 Å². The van der Waals surface area contributed by atoms with Crippen LogP contribution in [0.25, 0.3) is 5.57 Å². The molecule has 4 aliphatic rings. The summed E-state index contributed by atoms with van der Waals surface area (Å²) in [4.78, 5) is 0. The molecule has 4 aliphatic carbocycles. The molecule has 2 aromatic carbocycles. The molecule has 2 atom stereocenters. The quantitative estimate of drug-likeness (QED) is 0.479. The molecule has 0 aliphatic heterocycles. The van der Waals surface area contributed by atoms with E-state index in [-0.39, 0.29) is 24.8 Å². The van der Waals surface area contributed by atoms with E-state index in [9.17, 15) is 0 Å². The number of halogens is 2. The third kappa shape index (κ3) is 5.91. The molecule has 0 amide bonds. The minimum absolute atomic E-state index is 0. The number of allylic oxidation sites excluding steroid dienone is 6. The van der Waals surface area contributed by atoms with E-state index in [1.54, 1.807) is 52.1 Å². The van der Waals surface area contributed by atoms with Crippen LogP contribution in [0.15, 0.2) is 83.5 Å². The van der Waals surface area contributed by atoms with Crippen molar-refractivity contribution in [1.29, 1.82) is 0 Å². The van der Waals surface area contributed by atoms with Gasteiger partial charge < -0.3 is 24.8 Å². The van der Waals surface area contributed by atoms with E-state index in [2.05, 4.69) is 53.5 Å². The van der Waals surface area contributed by atoms with Gasteiger partial charge in [0.2, 0.25) is 0 Å². The van der Waals surface area contributed by atoms with Crippen LogP contribution in [0.5, 0.6) is 0 Å². The van der Waals surface area contributed by atoms with Crippen LogP contribution in [-0.2, 0) is 30.7 Å². The molecule has 168 valence electrons. The van der Waals surface area contributed by atoms with Gasteiger partial charge in [-0.25, -0.2) is 24.1 Å². The van der Waals surface area contributed by atoms with E-state index in [1.807, 2.05) is 30.3 Å². The fourth-order valence-corrected chi connectivity index (χ4v) is 5.38. The van der Waals surface area contributed by atoms with Gasteiger partial charge in [0.05, 0.1) is 0 Å². The molecule has 0 bridgehead atoms. The standard InChI is InChI=1S/C21H21.C5H5.C3H6.2ClH.Zr/c1-2-8-15-14(7-1)13-20-18-11-4-3-9-16(18)17-10-5-6-12-19(17)21(15)20;1-2-4-5-3-1;1-3-2;;;/h1-2,6-8,11-12,16-17H,3-5,9-10,13H2;1-5H;1H,3H2,2H3;2*1H;/q2*-1;;;;+2/p-2. The Labute approximate surface area is 221 Å². The molecule has 2 unspecified atom stereocenters. The normalized spacial score (nSPS) is 21.5. The zero-order valence-electron chi connectivity index (χ0n) is 18.9. The van der Waals surface area contributed by atoms with Crippen molar-refractivity contribution in [3.8, 4) is 0 Å². The molecule has 1 saturated carbocycles. The predicted molar refractivity (Wildman–Crippen MR) is 126 cm³/mol. The Morgan fingerprint density at radius 1 is 1.03 bits per heavy atom. The van der Waals surface area contributed by atoms with Crippen molar-refractivity contribution >= 4 is 9.28 Å². The number of hydrogen-bond acceptors (Lipinski definition) is 0. The van der Waals surface area contributed by atoms with Crippen LogP contribution in [-0.4, -0.2) is 3.71 Å². The van der Waals surface area contributed by atoms with Crippen molar-refractivity contribution in [3.05, 3.63) is 101 Å². The summed E-state index contributed by atoms with van der Waals surface area (Å²) in [5.74, 6) is 1.60. The topological polar surface area (TPSA) is 0 Å². The monoisotopic (exact) mass is 540 g/mol. The zero-order valence-corrected chi connectivity index (χ0v) is 22.8. The molecule has 32 heavy (non-hydrogen) atoms. The first-order valence-electron chi connectivity index (χ1n) is 11.6. The van der Waals surface area contributed by atoms with Crippen LogP contribution in [0.2, 0.25) is 0 Å². The van der Waals surface area contributed by atoms with Gasteiger partial charge in [0.1, 0.15) is 0 Å². The summed E-state index contributed by atoms with van der Waals surface area (Å²) in [6.07, 6.45) is 16.5. The summed E-state index contributed by atoms with van der Waals surface area (Å²) in [6, 6.07) is 19.1. The van der Waals surface area contributed by atoms with Gasteiger partial charge in [0.15, 0.2) is 0 Å². The van der Waals surface area contributed by atoms with Crippen LogP contribution in [0.4, 0.5) is 0 Å². The first-order chi connectivity index (χ1) is 14.8. The minimum Gasteiger partial charge on any atom is -1.00 e. The van der Waals surface area contributed by atoms with Crippen LogP contribution >= 0.6 is 0 Å². The first-order valence-corrected chi connectivity index (χ1v) is 13.0. The van der Waals surface area contributed by atoms with E-state index >= 15 is 0 Å². The maximum Gasteiger partial charge on any atom is -0.172 e. The summed E-state index contributed by atoms with van der Waals surface area (Å²) in [5, 5.41) is 0. The number of hydrogen-bond donors (Lipinski definition) is 0. The average molecular weight is 543 g/mol. The van der Waals surface area contributed by atoms with Gasteiger partial charge in [0.25, 0.3) is 0 Å². The molecule has 3 heteroatoms. The summed E-state index contributed by atoms with van der Waals surface area (Å²) in [7, 11) is 0. The van der Waals surface area contributed by atoms with Crippen LogP contribution in [0.1, 0.15) is 56.6 Å². The van der Waals surface area contributed by atoms with Gasteiger partial charge >= 0.3 is 41.3 Å². The van der Waals surface area contributed by atoms with Crippen LogP contribution in [0, 0.1) is 18.3 Å². The second-order valence-corrected chi connectivity index (χ2v) is 9.50. The molecule has 0 radical (unpaired) electrons. The molecule has 6 rings (SSSR count). The van der Waals surface area contributed by atoms with Crippen molar-refractivity contribution in [2.45, 2.75) is 51.9 Å². The van der Waals surface area contributed by atoms with Crippen LogP contribution < -0.4 is 24.8 Å². The van der Waals surface area contributed by atoms with Crippen molar-refractivity contribution in [1.82, 2.24) is 0 Å². The number of fused-ring (bicyclic) bond motifs is 6. The number of benzene rings is 1. The number of rotatable bonds is 1. The maximum absolute atomic E-state index is 2.57. The molecule has 0 spiro atoms. The van der Waals surface area contributed by atoms with Crippen molar-refractivity contribution in [2.24, 2.45) is 11.8 Å². The second-order valence-electron chi connectivity index (χ2n) is 8.50. The van der Waals surface area contributed by atoms with Gasteiger partial charge in [-0.1, -0.05) is 66.0 Å². The summed E-state index contributed by atoms with van der Waals surface area (Å²) in [5.41, 5.74) is 9.71. The van der Waals surface area contributed by atoms with Gasteiger partial charge in [-0.15, -0.1) is 6.42 Å². The smallest absolute Gasteiger partial charge is 0.172 e. The molecular weight excluding hydrogens is 510 g/mol. The summed E-state index contributed by atoms with van der Waals surface area (Å²) < 4.78 is 2.22. The Morgan fingerprint density at radius 3 is 2.47 bits per heavy atom. The van der Waals surface area contributed by atoms with E-state index in [1.165, 1.54) is 44.1 Å².